The zero-order valence-electron chi connectivity index (χ0n) is 15.6. The first-order chi connectivity index (χ1) is 13.5. The van der Waals surface area contributed by atoms with E-state index in [0.717, 1.165) is 31.5 Å². The summed E-state index contributed by atoms with van der Waals surface area (Å²) in [5.74, 6) is 0.446. The van der Waals surface area contributed by atoms with Crippen LogP contribution in [0.2, 0.25) is 0 Å². The van der Waals surface area contributed by atoms with Crippen molar-refractivity contribution >= 4 is 51.7 Å². The van der Waals surface area contributed by atoms with Gasteiger partial charge in [-0.3, -0.25) is 18.9 Å². The number of anilines is 1. The lowest BCUT2D eigenvalue weighted by Crippen LogP contribution is -2.29. The van der Waals surface area contributed by atoms with E-state index < -0.39 is 0 Å². The van der Waals surface area contributed by atoms with Gasteiger partial charge < -0.3 is 4.90 Å². The lowest BCUT2D eigenvalue weighted by Gasteiger charge is -2.20. The fourth-order valence-corrected chi connectivity index (χ4v) is 4.77. The van der Waals surface area contributed by atoms with Crippen molar-refractivity contribution in [3.8, 4) is 0 Å². The van der Waals surface area contributed by atoms with E-state index in [1.807, 2.05) is 19.1 Å². The van der Waals surface area contributed by atoms with E-state index in [4.69, 9.17) is 17.2 Å². The Hall–Kier alpha value is -2.45. The van der Waals surface area contributed by atoms with Crippen LogP contribution in [0.3, 0.4) is 0 Å². The molecule has 8 heteroatoms. The van der Waals surface area contributed by atoms with Gasteiger partial charge in [0.1, 0.15) is 15.8 Å². The van der Waals surface area contributed by atoms with Gasteiger partial charge >= 0.3 is 0 Å². The summed E-state index contributed by atoms with van der Waals surface area (Å²) in [5, 5.41) is 0. The van der Waals surface area contributed by atoms with Crippen LogP contribution < -0.4 is 10.5 Å². The molecule has 0 aromatic carbocycles. The molecular weight excluding hydrogens is 392 g/mol. The van der Waals surface area contributed by atoms with Crippen molar-refractivity contribution in [2.45, 2.75) is 19.8 Å². The molecule has 2 aromatic rings. The Bertz CT molecular complexity index is 1080. The number of pyridine rings is 1. The number of hydrogen-bond donors (Lipinski definition) is 0. The summed E-state index contributed by atoms with van der Waals surface area (Å²) in [7, 11) is 0. The summed E-state index contributed by atoms with van der Waals surface area (Å²) < 4.78 is 2.02. The smallest absolute Gasteiger partial charge is 0.267 e. The summed E-state index contributed by atoms with van der Waals surface area (Å²) in [6.07, 6.45) is 7.13. The van der Waals surface area contributed by atoms with Crippen molar-refractivity contribution in [3.05, 3.63) is 57.4 Å². The molecule has 0 atom stereocenters. The molecular formula is C20H20N4O2S2. The van der Waals surface area contributed by atoms with Crippen LogP contribution in [0.25, 0.3) is 11.7 Å². The first kappa shape index (κ1) is 18.9. The minimum absolute atomic E-state index is 0.176. The average molecular weight is 413 g/mol. The highest BCUT2D eigenvalue weighted by atomic mass is 32.2. The minimum Gasteiger partial charge on any atom is -0.356 e. The van der Waals surface area contributed by atoms with Gasteiger partial charge in [0.2, 0.25) is 0 Å². The molecule has 2 aromatic heterocycles. The largest absolute Gasteiger partial charge is 0.356 e. The number of hydrogen-bond acceptors (Lipinski definition) is 6. The third-order valence-electron chi connectivity index (χ3n) is 4.93. The van der Waals surface area contributed by atoms with Crippen LogP contribution in [-0.4, -0.2) is 44.1 Å². The fraction of sp³-hybridized carbons (Fsp3) is 0.300. The van der Waals surface area contributed by atoms with Gasteiger partial charge in [-0.2, -0.15) is 0 Å². The number of fused-ring (bicyclic) bond motifs is 1. The Balaban J connectivity index is 1.90. The third-order valence-corrected chi connectivity index (χ3v) is 6.31. The molecule has 0 radical (unpaired) electrons. The molecule has 2 fully saturated rings. The van der Waals surface area contributed by atoms with E-state index in [1.54, 1.807) is 22.7 Å². The second-order valence-corrected chi connectivity index (χ2v) is 8.49. The van der Waals surface area contributed by atoms with Gasteiger partial charge in [0, 0.05) is 25.8 Å². The van der Waals surface area contributed by atoms with Crippen LogP contribution in [0.4, 0.5) is 5.82 Å². The number of amides is 1. The van der Waals surface area contributed by atoms with E-state index in [1.165, 1.54) is 16.7 Å². The predicted molar refractivity (Wildman–Crippen MR) is 118 cm³/mol. The van der Waals surface area contributed by atoms with Crippen molar-refractivity contribution in [3.63, 3.8) is 0 Å². The maximum absolute atomic E-state index is 13.3. The number of thioether (sulfide) groups is 1. The Labute approximate surface area is 172 Å². The first-order valence-electron chi connectivity index (χ1n) is 9.14. The monoisotopic (exact) mass is 412 g/mol. The molecule has 144 valence electrons. The number of nitrogens with zero attached hydrogens (tertiary/aromatic N) is 4. The molecule has 0 saturated carbocycles. The minimum atomic E-state index is -0.198. The predicted octanol–water partition coefficient (Wildman–Crippen LogP) is 2.99. The lowest BCUT2D eigenvalue weighted by atomic mass is 10.2. The Morgan fingerprint density at radius 2 is 2.07 bits per heavy atom. The van der Waals surface area contributed by atoms with Crippen molar-refractivity contribution in [2.24, 2.45) is 0 Å². The molecule has 0 bridgehead atoms. The van der Waals surface area contributed by atoms with Gasteiger partial charge in [-0.05, 0) is 37.5 Å². The Morgan fingerprint density at radius 3 is 2.79 bits per heavy atom. The second-order valence-electron chi connectivity index (χ2n) is 6.81. The van der Waals surface area contributed by atoms with Crippen LogP contribution in [0.5, 0.6) is 0 Å². The zero-order valence-corrected chi connectivity index (χ0v) is 17.2. The molecule has 4 rings (SSSR count). The van der Waals surface area contributed by atoms with Gasteiger partial charge in [-0.1, -0.05) is 36.1 Å². The SMILES string of the molecule is C=CCN1C(=O)/C(=C/c2c(N3CCCC3)nc3c(C)cccn3c2=O)SC1=S. The van der Waals surface area contributed by atoms with E-state index in [2.05, 4.69) is 11.5 Å². The molecule has 0 spiro atoms. The summed E-state index contributed by atoms with van der Waals surface area (Å²) in [5.41, 5.74) is 1.84. The maximum Gasteiger partial charge on any atom is 0.267 e. The average Bonchev–Trinajstić information content (AvgIpc) is 3.29. The fourth-order valence-electron chi connectivity index (χ4n) is 3.51. The maximum atomic E-state index is 13.3. The molecule has 2 saturated heterocycles. The topological polar surface area (TPSA) is 57.9 Å². The number of aryl methyl sites for hydroxylation is 1. The standard InChI is InChI=1S/C20H20N4O2S2/c1-3-8-24-19(26)15(28-20(24)27)12-14-17(22-9-4-5-10-22)21-16-13(2)7-6-11-23(16)18(14)25/h3,6-7,11-12H,1,4-5,8-10H2,2H3/b15-12-. The Morgan fingerprint density at radius 1 is 1.32 bits per heavy atom. The van der Waals surface area contributed by atoms with Crippen LogP contribution in [0.15, 0.2) is 40.7 Å². The highest BCUT2D eigenvalue weighted by Gasteiger charge is 2.32. The highest BCUT2D eigenvalue weighted by molar-refractivity contribution is 8.26. The van der Waals surface area contributed by atoms with Gasteiger partial charge in [-0.25, -0.2) is 4.98 Å². The quantitative estimate of drug-likeness (QED) is 0.437. The molecule has 2 aliphatic heterocycles. The summed E-state index contributed by atoms with van der Waals surface area (Å²) in [6.45, 7) is 7.68. The normalized spacial score (nSPS) is 18.7. The van der Waals surface area contributed by atoms with E-state index in [9.17, 15) is 9.59 Å². The number of aromatic nitrogens is 2. The number of carbonyl (C=O) groups excluding carboxylic acids is 1. The van der Waals surface area contributed by atoms with Crippen molar-refractivity contribution in [2.75, 3.05) is 24.5 Å². The highest BCUT2D eigenvalue weighted by Crippen LogP contribution is 2.33. The van der Waals surface area contributed by atoms with Crippen LogP contribution >= 0.6 is 24.0 Å². The molecule has 0 N–H and O–H groups in total. The van der Waals surface area contributed by atoms with Crippen LogP contribution in [0.1, 0.15) is 24.0 Å². The number of thiocarbonyl (C=S) groups is 1. The van der Waals surface area contributed by atoms with Gasteiger partial charge in [-0.15, -0.1) is 6.58 Å². The zero-order chi connectivity index (χ0) is 19.8. The number of carbonyl (C=O) groups is 1. The van der Waals surface area contributed by atoms with Crippen molar-refractivity contribution in [1.29, 1.82) is 0 Å². The van der Waals surface area contributed by atoms with Crippen molar-refractivity contribution < 1.29 is 4.79 Å². The third kappa shape index (κ3) is 3.16. The molecule has 28 heavy (non-hydrogen) atoms. The van der Waals surface area contributed by atoms with Gasteiger partial charge in [0.25, 0.3) is 11.5 Å². The van der Waals surface area contributed by atoms with Crippen LogP contribution in [0, 0.1) is 6.92 Å². The van der Waals surface area contributed by atoms with Gasteiger partial charge in [0.05, 0.1) is 10.5 Å². The van der Waals surface area contributed by atoms with Gasteiger partial charge in [0.15, 0.2) is 0 Å². The molecule has 0 aliphatic carbocycles. The summed E-state index contributed by atoms with van der Waals surface area (Å²) in [6, 6.07) is 3.77. The van der Waals surface area contributed by atoms with Crippen molar-refractivity contribution in [1.82, 2.24) is 14.3 Å². The van der Waals surface area contributed by atoms with E-state index >= 15 is 0 Å². The molecule has 0 unspecified atom stereocenters. The molecule has 6 nitrogen and oxygen atoms in total. The molecule has 1 amide bonds. The first-order valence-corrected chi connectivity index (χ1v) is 10.4. The lowest BCUT2D eigenvalue weighted by molar-refractivity contribution is -0.121. The molecule has 4 heterocycles. The van der Waals surface area contributed by atoms with Crippen LogP contribution in [-0.2, 0) is 4.79 Å². The molecule has 2 aliphatic rings. The second kappa shape index (κ2) is 7.52. The number of rotatable bonds is 4. The van der Waals surface area contributed by atoms with E-state index in [-0.39, 0.29) is 11.5 Å². The summed E-state index contributed by atoms with van der Waals surface area (Å²) >= 11 is 6.53. The van der Waals surface area contributed by atoms with E-state index in [0.29, 0.717) is 32.8 Å². The Kier molecular flexibility index (Phi) is 5.07. The summed E-state index contributed by atoms with van der Waals surface area (Å²) in [4.78, 5) is 34.9.